The van der Waals surface area contributed by atoms with E-state index in [4.69, 9.17) is 0 Å². The highest BCUT2D eigenvalue weighted by Crippen LogP contribution is 2.14. The van der Waals surface area contributed by atoms with E-state index in [9.17, 15) is 0 Å². The van der Waals surface area contributed by atoms with Crippen molar-refractivity contribution in [3.05, 3.63) is 11.6 Å². The molecule has 2 unspecified atom stereocenters. The van der Waals surface area contributed by atoms with Crippen LogP contribution in [0, 0.1) is 13.8 Å². The van der Waals surface area contributed by atoms with Gasteiger partial charge in [0.15, 0.2) is 0 Å². The molecule has 0 bridgehead atoms. The van der Waals surface area contributed by atoms with E-state index in [2.05, 4.69) is 36.2 Å². The summed E-state index contributed by atoms with van der Waals surface area (Å²) in [6.45, 7) is 11.7. The van der Waals surface area contributed by atoms with Crippen LogP contribution >= 0.6 is 0 Å². The molecule has 0 amide bonds. The van der Waals surface area contributed by atoms with Gasteiger partial charge in [0.1, 0.15) is 11.6 Å². The lowest BCUT2D eigenvalue weighted by atomic mass is 10.1. The second-order valence-corrected chi connectivity index (χ2v) is 4.59. The topological polar surface area (TPSA) is 42.7 Å². The summed E-state index contributed by atoms with van der Waals surface area (Å²) in [4.78, 5) is 4.33. The minimum absolute atomic E-state index is 0.403. The van der Waals surface area contributed by atoms with Crippen molar-refractivity contribution in [1.82, 2.24) is 20.1 Å². The van der Waals surface area contributed by atoms with E-state index < -0.39 is 0 Å². The fraction of sp³-hybridized carbons (Fsp3) is 0.833. The number of rotatable bonds is 6. The third-order valence-electron chi connectivity index (χ3n) is 2.76. The summed E-state index contributed by atoms with van der Waals surface area (Å²) in [6, 6.07) is 0.930. The van der Waals surface area contributed by atoms with Gasteiger partial charge in [-0.15, -0.1) is 0 Å². The largest absolute Gasteiger partial charge is 0.314 e. The molecule has 1 aromatic heterocycles. The van der Waals surface area contributed by atoms with E-state index in [0.717, 1.165) is 24.6 Å². The molecule has 0 aliphatic rings. The molecule has 1 aromatic rings. The van der Waals surface area contributed by atoms with Crippen LogP contribution in [0.5, 0.6) is 0 Å². The zero-order valence-electron chi connectivity index (χ0n) is 11.1. The number of hydrogen-bond donors (Lipinski definition) is 1. The molecule has 1 rings (SSSR count). The Bertz CT molecular complexity index is 319. The highest BCUT2D eigenvalue weighted by molar-refractivity contribution is 4.90. The predicted octanol–water partition coefficient (Wildman–Crippen LogP) is 2.23. The lowest BCUT2D eigenvalue weighted by Gasteiger charge is -2.19. The maximum atomic E-state index is 4.42. The van der Waals surface area contributed by atoms with E-state index in [1.165, 1.54) is 6.42 Å². The number of nitrogens with zero attached hydrogens (tertiary/aromatic N) is 3. The Morgan fingerprint density at radius 2 is 2.00 bits per heavy atom. The summed E-state index contributed by atoms with van der Waals surface area (Å²) in [7, 11) is 0. The zero-order valence-corrected chi connectivity index (χ0v) is 11.1. The first-order valence-electron chi connectivity index (χ1n) is 6.17. The Morgan fingerprint density at radius 3 is 2.50 bits per heavy atom. The van der Waals surface area contributed by atoms with Gasteiger partial charge >= 0.3 is 0 Å². The summed E-state index contributed by atoms with van der Waals surface area (Å²) >= 11 is 0. The van der Waals surface area contributed by atoms with Gasteiger partial charge in [-0.05, 0) is 47.1 Å². The molecule has 92 valence electrons. The van der Waals surface area contributed by atoms with Crippen molar-refractivity contribution in [1.29, 1.82) is 0 Å². The Kier molecular flexibility index (Phi) is 4.93. The Balaban J connectivity index is 2.51. The molecule has 0 aromatic carbocycles. The molecule has 4 heteroatoms. The molecule has 16 heavy (non-hydrogen) atoms. The second kappa shape index (κ2) is 5.99. The SMILES string of the molecule is CCCNC(C)CC(C)n1nc(C)nc1C. The van der Waals surface area contributed by atoms with E-state index >= 15 is 0 Å². The Labute approximate surface area is 98.5 Å². The van der Waals surface area contributed by atoms with Crippen LogP contribution in [0.2, 0.25) is 0 Å². The quantitative estimate of drug-likeness (QED) is 0.806. The molecule has 0 saturated heterocycles. The van der Waals surface area contributed by atoms with Crippen LogP contribution in [0.1, 0.15) is 51.3 Å². The van der Waals surface area contributed by atoms with Crippen LogP contribution in [-0.2, 0) is 0 Å². The van der Waals surface area contributed by atoms with Crippen LogP contribution in [-0.4, -0.2) is 27.4 Å². The van der Waals surface area contributed by atoms with E-state index in [0.29, 0.717) is 12.1 Å². The van der Waals surface area contributed by atoms with Crippen molar-refractivity contribution in [3.63, 3.8) is 0 Å². The molecular formula is C12H24N4. The number of aromatic nitrogens is 3. The van der Waals surface area contributed by atoms with Gasteiger partial charge < -0.3 is 5.32 Å². The molecule has 1 N–H and O–H groups in total. The average Bonchev–Trinajstić information content (AvgIpc) is 2.54. The fourth-order valence-electron chi connectivity index (χ4n) is 2.04. The van der Waals surface area contributed by atoms with Crippen molar-refractivity contribution in [3.8, 4) is 0 Å². The van der Waals surface area contributed by atoms with E-state index in [1.54, 1.807) is 0 Å². The Hall–Kier alpha value is -0.900. The van der Waals surface area contributed by atoms with Gasteiger partial charge in [0.2, 0.25) is 0 Å². The van der Waals surface area contributed by atoms with Gasteiger partial charge in [-0.25, -0.2) is 9.67 Å². The van der Waals surface area contributed by atoms with Crippen LogP contribution in [0.4, 0.5) is 0 Å². The first-order chi connectivity index (χ1) is 7.54. The van der Waals surface area contributed by atoms with Gasteiger partial charge in [0.05, 0.1) is 6.04 Å². The van der Waals surface area contributed by atoms with Crippen molar-refractivity contribution in [2.24, 2.45) is 0 Å². The second-order valence-electron chi connectivity index (χ2n) is 4.59. The normalized spacial score (nSPS) is 15.1. The highest BCUT2D eigenvalue weighted by Gasteiger charge is 2.13. The van der Waals surface area contributed by atoms with Crippen LogP contribution in [0.15, 0.2) is 0 Å². The summed E-state index contributed by atoms with van der Waals surface area (Å²) in [5.74, 6) is 1.87. The Morgan fingerprint density at radius 1 is 1.31 bits per heavy atom. The number of hydrogen-bond acceptors (Lipinski definition) is 3. The number of nitrogens with one attached hydrogen (secondary N) is 1. The molecule has 1 heterocycles. The maximum absolute atomic E-state index is 4.42. The van der Waals surface area contributed by atoms with Gasteiger partial charge in [-0.1, -0.05) is 6.92 Å². The molecule has 0 aliphatic heterocycles. The predicted molar refractivity (Wildman–Crippen MR) is 66.6 cm³/mol. The van der Waals surface area contributed by atoms with Gasteiger partial charge in [0.25, 0.3) is 0 Å². The third kappa shape index (κ3) is 3.59. The van der Waals surface area contributed by atoms with Crippen molar-refractivity contribution < 1.29 is 0 Å². The van der Waals surface area contributed by atoms with Crippen LogP contribution < -0.4 is 5.32 Å². The first kappa shape index (κ1) is 13.2. The molecule has 0 aliphatic carbocycles. The third-order valence-corrected chi connectivity index (χ3v) is 2.76. The molecule has 0 radical (unpaired) electrons. The number of aryl methyl sites for hydroxylation is 2. The molecule has 0 saturated carbocycles. The van der Waals surface area contributed by atoms with Gasteiger partial charge in [0, 0.05) is 6.04 Å². The zero-order chi connectivity index (χ0) is 12.1. The smallest absolute Gasteiger partial charge is 0.147 e. The minimum atomic E-state index is 0.403. The molecule has 0 fully saturated rings. The van der Waals surface area contributed by atoms with Crippen molar-refractivity contribution in [2.45, 2.75) is 59.5 Å². The lowest BCUT2D eigenvalue weighted by molar-refractivity contribution is 0.382. The monoisotopic (exact) mass is 224 g/mol. The molecule has 4 nitrogen and oxygen atoms in total. The highest BCUT2D eigenvalue weighted by atomic mass is 15.4. The average molecular weight is 224 g/mol. The first-order valence-corrected chi connectivity index (χ1v) is 6.17. The summed E-state index contributed by atoms with van der Waals surface area (Å²) in [5, 5.41) is 7.92. The minimum Gasteiger partial charge on any atom is -0.314 e. The van der Waals surface area contributed by atoms with Crippen molar-refractivity contribution in [2.75, 3.05) is 6.54 Å². The summed E-state index contributed by atoms with van der Waals surface area (Å²) in [6.07, 6.45) is 2.27. The van der Waals surface area contributed by atoms with E-state index in [-0.39, 0.29) is 0 Å². The van der Waals surface area contributed by atoms with E-state index in [1.807, 2.05) is 18.5 Å². The molecule has 2 atom stereocenters. The van der Waals surface area contributed by atoms with Gasteiger partial charge in [-0.2, -0.15) is 5.10 Å². The van der Waals surface area contributed by atoms with Crippen molar-refractivity contribution >= 4 is 0 Å². The lowest BCUT2D eigenvalue weighted by Crippen LogP contribution is -2.29. The standard InChI is InChI=1S/C12H24N4/c1-6-7-13-9(2)8-10(3)16-12(5)14-11(4)15-16/h9-10,13H,6-8H2,1-5H3. The molecule has 0 spiro atoms. The van der Waals surface area contributed by atoms with Crippen LogP contribution in [0.3, 0.4) is 0 Å². The summed E-state index contributed by atoms with van der Waals surface area (Å²) < 4.78 is 2.03. The maximum Gasteiger partial charge on any atom is 0.147 e. The fourth-order valence-corrected chi connectivity index (χ4v) is 2.04. The van der Waals surface area contributed by atoms with Gasteiger partial charge in [-0.3, -0.25) is 0 Å². The molecular weight excluding hydrogens is 200 g/mol. The summed E-state index contributed by atoms with van der Waals surface area (Å²) in [5.41, 5.74) is 0. The van der Waals surface area contributed by atoms with Crippen LogP contribution in [0.25, 0.3) is 0 Å².